The topological polar surface area (TPSA) is 64.5 Å². The maximum Gasteiger partial charge on any atom is 0.319 e. The fourth-order valence-corrected chi connectivity index (χ4v) is 3.18. The van der Waals surface area contributed by atoms with E-state index >= 15 is 0 Å². The average Bonchev–Trinajstić information content (AvgIpc) is 2.91. The Morgan fingerprint density at radius 2 is 2.00 bits per heavy atom. The molecule has 0 unspecified atom stereocenters. The number of nitrogens with zero attached hydrogens (tertiary/aromatic N) is 2. The summed E-state index contributed by atoms with van der Waals surface area (Å²) in [5.74, 6) is -0.231. The van der Waals surface area contributed by atoms with Crippen LogP contribution in [0.25, 0.3) is 0 Å². The first kappa shape index (κ1) is 15.7. The normalized spacial score (nSPS) is 20.9. The Hall–Kier alpha value is -2.21. The van der Waals surface area contributed by atoms with Crippen LogP contribution in [-0.2, 0) is 12.0 Å². The molecule has 2 atom stereocenters. The summed E-state index contributed by atoms with van der Waals surface area (Å²) in [5, 5.41) is 11.2. The van der Waals surface area contributed by atoms with Crippen LogP contribution in [0.3, 0.4) is 0 Å². The lowest BCUT2D eigenvalue weighted by Crippen LogP contribution is -2.30. The van der Waals surface area contributed by atoms with E-state index in [-0.39, 0.29) is 17.7 Å². The van der Waals surface area contributed by atoms with Gasteiger partial charge in [0.1, 0.15) is 5.82 Å². The maximum atomic E-state index is 13.4. The van der Waals surface area contributed by atoms with Gasteiger partial charge in [-0.05, 0) is 36.1 Å². The first-order valence-electron chi connectivity index (χ1n) is 7.46. The molecule has 1 aliphatic rings. The Labute approximate surface area is 134 Å². The Bertz CT molecular complexity index is 716. The van der Waals surface area contributed by atoms with Crippen molar-refractivity contribution in [1.82, 2.24) is 9.97 Å². The molecule has 0 amide bonds. The van der Waals surface area contributed by atoms with Crippen LogP contribution in [0.5, 0.6) is 11.9 Å². The van der Waals surface area contributed by atoms with Crippen molar-refractivity contribution in [3.8, 4) is 11.9 Å². The summed E-state index contributed by atoms with van der Waals surface area (Å²) in [5.41, 5.74) is 1.11. The Morgan fingerprint density at radius 1 is 1.22 bits per heavy atom. The zero-order chi connectivity index (χ0) is 16.6. The molecule has 3 rings (SSSR count). The number of methoxy groups -OCH3 is 2. The van der Waals surface area contributed by atoms with Gasteiger partial charge in [-0.15, -0.1) is 0 Å². The van der Waals surface area contributed by atoms with Gasteiger partial charge in [-0.3, -0.25) is 0 Å². The molecular formula is C17H19FN2O3. The lowest BCUT2D eigenvalue weighted by atomic mass is 9.81. The molecule has 0 aliphatic heterocycles. The second kappa shape index (κ2) is 5.77. The SMILES string of the molecule is COc1cc([C@@H](C)[C@]2(O)CCc3cc(F)ccc32)nc(OC)n1. The van der Waals surface area contributed by atoms with Gasteiger partial charge in [0.2, 0.25) is 5.88 Å². The highest BCUT2D eigenvalue weighted by molar-refractivity contribution is 5.40. The monoisotopic (exact) mass is 318 g/mol. The summed E-state index contributed by atoms with van der Waals surface area (Å²) in [4.78, 5) is 8.40. The number of hydrogen-bond donors (Lipinski definition) is 1. The molecular weight excluding hydrogens is 299 g/mol. The van der Waals surface area contributed by atoms with Crippen molar-refractivity contribution in [2.75, 3.05) is 14.2 Å². The molecule has 0 saturated heterocycles. The summed E-state index contributed by atoms with van der Waals surface area (Å²) in [7, 11) is 2.99. The number of aliphatic hydroxyl groups is 1. The van der Waals surface area contributed by atoms with Crippen LogP contribution in [0.2, 0.25) is 0 Å². The van der Waals surface area contributed by atoms with Crippen LogP contribution in [0, 0.1) is 5.82 Å². The van der Waals surface area contributed by atoms with Crippen molar-refractivity contribution in [2.45, 2.75) is 31.3 Å². The minimum Gasteiger partial charge on any atom is -0.481 e. The molecule has 0 fully saturated rings. The predicted molar refractivity (Wildman–Crippen MR) is 82.2 cm³/mol. The highest BCUT2D eigenvalue weighted by Crippen LogP contribution is 2.46. The molecule has 122 valence electrons. The summed E-state index contributed by atoms with van der Waals surface area (Å²) < 4.78 is 23.7. The number of rotatable bonds is 4. The summed E-state index contributed by atoms with van der Waals surface area (Å²) in [6, 6.07) is 6.40. The molecule has 0 bridgehead atoms. The quantitative estimate of drug-likeness (QED) is 0.938. The molecule has 6 heteroatoms. The minimum atomic E-state index is -1.10. The highest BCUT2D eigenvalue weighted by Gasteiger charge is 2.43. The third kappa shape index (κ3) is 2.63. The van der Waals surface area contributed by atoms with Gasteiger partial charge in [-0.2, -0.15) is 9.97 Å². The molecule has 0 spiro atoms. The summed E-state index contributed by atoms with van der Waals surface area (Å²) in [6.07, 6.45) is 1.15. The van der Waals surface area contributed by atoms with Crippen LogP contribution in [0.4, 0.5) is 4.39 Å². The van der Waals surface area contributed by atoms with Crippen molar-refractivity contribution < 1.29 is 19.0 Å². The van der Waals surface area contributed by atoms with E-state index in [4.69, 9.17) is 9.47 Å². The van der Waals surface area contributed by atoms with Gasteiger partial charge in [0.25, 0.3) is 0 Å². The first-order valence-corrected chi connectivity index (χ1v) is 7.46. The Kier molecular flexibility index (Phi) is 3.93. The molecule has 2 aromatic rings. The van der Waals surface area contributed by atoms with Crippen molar-refractivity contribution in [3.63, 3.8) is 0 Å². The lowest BCUT2D eigenvalue weighted by Gasteiger charge is -2.31. The van der Waals surface area contributed by atoms with Crippen LogP contribution >= 0.6 is 0 Å². The standard InChI is InChI=1S/C17H19FN2O3/c1-10(14-9-15(22-2)20-16(19-14)23-3)17(21)7-6-11-8-12(18)4-5-13(11)17/h4-5,8-10,21H,6-7H2,1-3H3/t10-,17-/m1/s1. The maximum absolute atomic E-state index is 13.4. The number of ether oxygens (including phenoxy) is 2. The second-order valence-electron chi connectivity index (χ2n) is 5.77. The van der Waals surface area contributed by atoms with E-state index in [9.17, 15) is 9.50 Å². The molecule has 0 radical (unpaired) electrons. The summed E-state index contributed by atoms with van der Waals surface area (Å²) >= 11 is 0. The van der Waals surface area contributed by atoms with Gasteiger partial charge in [-0.25, -0.2) is 4.39 Å². The van der Waals surface area contributed by atoms with Crippen LogP contribution < -0.4 is 9.47 Å². The van der Waals surface area contributed by atoms with Gasteiger partial charge in [0, 0.05) is 12.0 Å². The number of aryl methyl sites for hydroxylation is 1. The fraction of sp³-hybridized carbons (Fsp3) is 0.412. The number of fused-ring (bicyclic) bond motifs is 1. The number of hydrogen-bond acceptors (Lipinski definition) is 5. The summed E-state index contributed by atoms with van der Waals surface area (Å²) in [6.45, 7) is 1.89. The van der Waals surface area contributed by atoms with Crippen LogP contribution in [0.15, 0.2) is 24.3 Å². The predicted octanol–water partition coefficient (Wildman–Crippen LogP) is 2.57. The van der Waals surface area contributed by atoms with Gasteiger partial charge < -0.3 is 14.6 Å². The van der Waals surface area contributed by atoms with Crippen LogP contribution in [-0.4, -0.2) is 29.3 Å². The number of aromatic nitrogens is 2. The van der Waals surface area contributed by atoms with E-state index in [0.717, 1.165) is 11.1 Å². The van der Waals surface area contributed by atoms with E-state index in [1.807, 2.05) is 6.92 Å². The molecule has 1 N–H and O–H groups in total. The molecule has 5 nitrogen and oxygen atoms in total. The largest absolute Gasteiger partial charge is 0.481 e. The Morgan fingerprint density at radius 3 is 2.70 bits per heavy atom. The van der Waals surface area contributed by atoms with E-state index in [2.05, 4.69) is 9.97 Å². The lowest BCUT2D eigenvalue weighted by molar-refractivity contribution is 0.0130. The van der Waals surface area contributed by atoms with Crippen molar-refractivity contribution >= 4 is 0 Å². The minimum absolute atomic E-state index is 0.187. The van der Waals surface area contributed by atoms with Gasteiger partial charge >= 0.3 is 6.01 Å². The molecule has 1 aliphatic carbocycles. The molecule has 0 saturated carbocycles. The van der Waals surface area contributed by atoms with Gasteiger partial charge in [-0.1, -0.05) is 13.0 Å². The molecule has 1 heterocycles. The zero-order valence-electron chi connectivity index (χ0n) is 13.3. The van der Waals surface area contributed by atoms with E-state index in [1.54, 1.807) is 12.1 Å². The smallest absolute Gasteiger partial charge is 0.319 e. The molecule has 23 heavy (non-hydrogen) atoms. The third-order valence-electron chi connectivity index (χ3n) is 4.56. The fourth-order valence-electron chi connectivity index (χ4n) is 3.18. The molecule has 1 aromatic heterocycles. The van der Waals surface area contributed by atoms with Crippen molar-refractivity contribution in [1.29, 1.82) is 0 Å². The van der Waals surface area contributed by atoms with E-state index in [1.165, 1.54) is 26.4 Å². The Balaban J connectivity index is 2.03. The van der Waals surface area contributed by atoms with E-state index < -0.39 is 5.60 Å². The van der Waals surface area contributed by atoms with Crippen molar-refractivity contribution in [3.05, 3.63) is 46.9 Å². The van der Waals surface area contributed by atoms with Gasteiger partial charge in [0.15, 0.2) is 0 Å². The number of benzene rings is 1. The average molecular weight is 318 g/mol. The van der Waals surface area contributed by atoms with Crippen LogP contribution in [0.1, 0.15) is 36.1 Å². The second-order valence-corrected chi connectivity index (χ2v) is 5.77. The highest BCUT2D eigenvalue weighted by atomic mass is 19.1. The zero-order valence-corrected chi connectivity index (χ0v) is 13.3. The number of halogens is 1. The van der Waals surface area contributed by atoms with Crippen molar-refractivity contribution in [2.24, 2.45) is 0 Å². The van der Waals surface area contributed by atoms with E-state index in [0.29, 0.717) is 24.4 Å². The first-order chi connectivity index (χ1) is 11.0. The third-order valence-corrected chi connectivity index (χ3v) is 4.56. The van der Waals surface area contributed by atoms with Gasteiger partial charge in [0.05, 0.1) is 25.5 Å². The molecule has 1 aromatic carbocycles.